The van der Waals surface area contributed by atoms with Crippen molar-refractivity contribution in [3.63, 3.8) is 0 Å². The van der Waals surface area contributed by atoms with E-state index < -0.39 is 0 Å². The lowest BCUT2D eigenvalue weighted by atomic mass is 10.2. The molecule has 2 aromatic rings. The number of hydrogen-bond donors (Lipinski definition) is 1. The number of carbonyl (C=O) groups is 1. The van der Waals surface area contributed by atoms with Gasteiger partial charge >= 0.3 is 0 Å². The number of amides is 1. The molecule has 0 unspecified atom stereocenters. The van der Waals surface area contributed by atoms with Crippen LogP contribution in [-0.2, 0) is 4.79 Å². The molecule has 0 atom stereocenters. The summed E-state index contributed by atoms with van der Waals surface area (Å²) in [5.74, 6) is -0.146. The Balaban J connectivity index is 1.84. The largest absolute Gasteiger partial charge is 0.300 e. The summed E-state index contributed by atoms with van der Waals surface area (Å²) in [6, 6.07) is 13.3. The van der Waals surface area contributed by atoms with Crippen molar-refractivity contribution in [3.8, 4) is 0 Å². The summed E-state index contributed by atoms with van der Waals surface area (Å²) in [5, 5.41) is 3.98. The Kier molecular flexibility index (Phi) is 4.90. The molecule has 0 bridgehead atoms. The maximum Gasteiger partial charge on any atom is 0.264 e. The Labute approximate surface area is 152 Å². The Bertz CT molecular complexity index is 848. The molecule has 0 aromatic heterocycles. The second kappa shape index (κ2) is 6.91. The van der Waals surface area contributed by atoms with Crippen molar-refractivity contribution in [2.75, 3.05) is 0 Å². The molecule has 0 spiro atoms. The van der Waals surface area contributed by atoms with Crippen molar-refractivity contribution in [1.82, 2.24) is 5.32 Å². The van der Waals surface area contributed by atoms with Gasteiger partial charge in [0.2, 0.25) is 0 Å². The zero-order chi connectivity index (χ0) is 16.4. The highest BCUT2D eigenvalue weighted by Crippen LogP contribution is 2.29. The van der Waals surface area contributed by atoms with Gasteiger partial charge in [-0.05, 0) is 60.2 Å². The molecule has 3 rings (SSSR count). The number of hydrogen-bond acceptors (Lipinski definition) is 3. The van der Waals surface area contributed by atoms with Crippen molar-refractivity contribution in [1.29, 1.82) is 0 Å². The number of nitrogens with one attached hydrogen (secondary N) is 1. The molecule has 1 N–H and O–H groups in total. The average molecular weight is 408 g/mol. The van der Waals surface area contributed by atoms with Crippen LogP contribution in [0.3, 0.4) is 0 Å². The standard InChI is InChI=1S/C17H12BrClN2OS/c1-10-5-6-13(9-14(10)19)20-17-21-16(22)15(23-17)8-11-3-2-4-12(18)7-11/h2-9H,1H3,(H,20,21,22). The fourth-order valence-electron chi connectivity index (χ4n) is 2.00. The quantitative estimate of drug-likeness (QED) is 0.686. The lowest BCUT2D eigenvalue weighted by Gasteiger charge is -2.00. The molecule has 1 heterocycles. The first-order valence-corrected chi connectivity index (χ1v) is 8.81. The van der Waals surface area contributed by atoms with Crippen molar-refractivity contribution in [2.45, 2.75) is 6.92 Å². The monoisotopic (exact) mass is 406 g/mol. The molecule has 1 aliphatic heterocycles. The van der Waals surface area contributed by atoms with Crippen molar-refractivity contribution >= 4 is 62.1 Å². The third-order valence-corrected chi connectivity index (χ3v) is 4.99. The molecule has 0 radical (unpaired) electrons. The number of aryl methyl sites for hydroxylation is 1. The molecule has 0 aliphatic carbocycles. The zero-order valence-electron chi connectivity index (χ0n) is 12.1. The first kappa shape index (κ1) is 16.3. The molecule has 116 valence electrons. The molecule has 3 nitrogen and oxygen atoms in total. The summed E-state index contributed by atoms with van der Waals surface area (Å²) in [5.41, 5.74) is 2.66. The van der Waals surface area contributed by atoms with Crippen LogP contribution in [0.25, 0.3) is 6.08 Å². The molecule has 1 amide bonds. The van der Waals surface area contributed by atoms with Gasteiger partial charge in [-0.3, -0.25) is 4.79 Å². The van der Waals surface area contributed by atoms with Gasteiger partial charge in [0, 0.05) is 9.50 Å². The summed E-state index contributed by atoms with van der Waals surface area (Å²) in [4.78, 5) is 17.1. The van der Waals surface area contributed by atoms with Crippen LogP contribution in [0.2, 0.25) is 5.02 Å². The Morgan fingerprint density at radius 2 is 2.09 bits per heavy atom. The second-order valence-electron chi connectivity index (χ2n) is 4.97. The SMILES string of the molecule is Cc1ccc(N=C2NC(=O)C(=Cc3cccc(Br)c3)S2)cc1Cl. The van der Waals surface area contributed by atoms with Gasteiger partial charge in [-0.25, -0.2) is 4.99 Å². The van der Waals surface area contributed by atoms with Crippen molar-refractivity contribution in [3.05, 3.63) is 68.0 Å². The van der Waals surface area contributed by atoms with E-state index in [1.54, 1.807) is 6.07 Å². The zero-order valence-corrected chi connectivity index (χ0v) is 15.3. The van der Waals surface area contributed by atoms with E-state index in [1.807, 2.05) is 49.4 Å². The van der Waals surface area contributed by atoms with E-state index in [4.69, 9.17) is 11.6 Å². The van der Waals surface area contributed by atoms with E-state index in [2.05, 4.69) is 26.2 Å². The molecule has 23 heavy (non-hydrogen) atoms. The van der Waals surface area contributed by atoms with Crippen molar-refractivity contribution < 1.29 is 4.79 Å². The second-order valence-corrected chi connectivity index (χ2v) is 7.32. The van der Waals surface area contributed by atoms with Crippen LogP contribution in [0.4, 0.5) is 5.69 Å². The normalized spacial score (nSPS) is 17.8. The van der Waals surface area contributed by atoms with E-state index in [0.29, 0.717) is 20.8 Å². The van der Waals surface area contributed by atoms with Crippen LogP contribution in [0, 0.1) is 6.92 Å². The van der Waals surface area contributed by atoms with Gasteiger partial charge < -0.3 is 5.32 Å². The average Bonchev–Trinajstić information content (AvgIpc) is 2.83. The highest BCUT2D eigenvalue weighted by molar-refractivity contribution is 9.10. The molecule has 1 fully saturated rings. The fourth-order valence-corrected chi connectivity index (χ4v) is 3.43. The van der Waals surface area contributed by atoms with Gasteiger partial charge in [-0.2, -0.15) is 0 Å². The number of halogens is 2. The van der Waals surface area contributed by atoms with E-state index in [9.17, 15) is 4.79 Å². The summed E-state index contributed by atoms with van der Waals surface area (Å²) in [6.07, 6.45) is 1.84. The Morgan fingerprint density at radius 1 is 1.26 bits per heavy atom. The molecule has 1 aliphatic rings. The molecule has 0 saturated carbocycles. The highest BCUT2D eigenvalue weighted by atomic mass is 79.9. The van der Waals surface area contributed by atoms with Crippen LogP contribution in [0.5, 0.6) is 0 Å². The van der Waals surface area contributed by atoms with Gasteiger partial charge in [0.1, 0.15) is 0 Å². The van der Waals surface area contributed by atoms with Gasteiger partial charge in [0.05, 0.1) is 10.6 Å². The van der Waals surface area contributed by atoms with Crippen LogP contribution < -0.4 is 5.32 Å². The van der Waals surface area contributed by atoms with Crippen LogP contribution in [0.1, 0.15) is 11.1 Å². The first-order valence-electron chi connectivity index (χ1n) is 6.82. The van der Waals surface area contributed by atoms with E-state index in [0.717, 1.165) is 15.6 Å². The lowest BCUT2D eigenvalue weighted by molar-refractivity contribution is -0.115. The number of amidine groups is 1. The van der Waals surface area contributed by atoms with E-state index >= 15 is 0 Å². The van der Waals surface area contributed by atoms with Gasteiger partial charge in [0.25, 0.3) is 5.91 Å². The minimum absolute atomic E-state index is 0.146. The summed E-state index contributed by atoms with van der Waals surface area (Å²) in [7, 11) is 0. The molecular formula is C17H12BrClN2OS. The summed E-state index contributed by atoms with van der Waals surface area (Å²) in [6.45, 7) is 1.93. The minimum Gasteiger partial charge on any atom is -0.300 e. The smallest absolute Gasteiger partial charge is 0.264 e. The highest BCUT2D eigenvalue weighted by Gasteiger charge is 2.23. The van der Waals surface area contributed by atoms with E-state index in [-0.39, 0.29) is 5.91 Å². The number of rotatable bonds is 2. The van der Waals surface area contributed by atoms with E-state index in [1.165, 1.54) is 11.8 Å². The number of carbonyl (C=O) groups excluding carboxylic acids is 1. The maximum absolute atomic E-state index is 12.1. The fraction of sp³-hybridized carbons (Fsp3) is 0.0588. The summed E-state index contributed by atoms with van der Waals surface area (Å²) < 4.78 is 0.971. The third kappa shape index (κ3) is 4.05. The predicted octanol–water partition coefficient (Wildman–Crippen LogP) is 5.30. The topological polar surface area (TPSA) is 41.5 Å². The Hall–Kier alpha value is -1.56. The van der Waals surface area contributed by atoms with Crippen molar-refractivity contribution in [2.24, 2.45) is 4.99 Å². The van der Waals surface area contributed by atoms with Gasteiger partial charge in [-0.15, -0.1) is 0 Å². The Morgan fingerprint density at radius 3 is 2.83 bits per heavy atom. The molecule has 1 saturated heterocycles. The summed E-state index contributed by atoms with van der Waals surface area (Å²) >= 11 is 10.8. The first-order chi connectivity index (χ1) is 11.0. The number of aliphatic imine (C=N–C) groups is 1. The molecular weight excluding hydrogens is 396 g/mol. The van der Waals surface area contributed by atoms with Crippen LogP contribution >= 0.6 is 39.3 Å². The van der Waals surface area contributed by atoms with Gasteiger partial charge in [0.15, 0.2) is 5.17 Å². The number of nitrogens with zero attached hydrogens (tertiary/aromatic N) is 1. The predicted molar refractivity (Wildman–Crippen MR) is 101 cm³/mol. The molecule has 6 heteroatoms. The van der Waals surface area contributed by atoms with Gasteiger partial charge in [-0.1, -0.05) is 45.7 Å². The lowest BCUT2D eigenvalue weighted by Crippen LogP contribution is -2.19. The number of benzene rings is 2. The molecule has 2 aromatic carbocycles. The van der Waals surface area contributed by atoms with Crippen LogP contribution in [0.15, 0.2) is 56.8 Å². The number of thioether (sulfide) groups is 1. The minimum atomic E-state index is -0.146. The maximum atomic E-state index is 12.1. The van der Waals surface area contributed by atoms with Crippen LogP contribution in [-0.4, -0.2) is 11.1 Å². The third-order valence-electron chi connectivity index (χ3n) is 3.18.